The molecule has 0 spiro atoms. The quantitative estimate of drug-likeness (QED) is 0.770. The number of phenols is 1. The van der Waals surface area contributed by atoms with Gasteiger partial charge >= 0.3 is 0 Å². The Hall–Kier alpha value is -0.930. The van der Waals surface area contributed by atoms with Crippen LogP contribution < -0.4 is 4.74 Å². The normalized spacial score (nSPS) is 10.2. The number of benzene rings is 1. The van der Waals surface area contributed by atoms with Crippen molar-refractivity contribution in [2.24, 2.45) is 0 Å². The van der Waals surface area contributed by atoms with Crippen molar-refractivity contribution in [3.05, 3.63) is 22.2 Å². The van der Waals surface area contributed by atoms with Crippen molar-refractivity contribution in [1.82, 2.24) is 0 Å². The van der Waals surface area contributed by atoms with E-state index in [4.69, 9.17) is 21.4 Å². The van der Waals surface area contributed by atoms with E-state index in [-0.39, 0.29) is 12.4 Å². The molecule has 72 valence electrons. The summed E-state index contributed by atoms with van der Waals surface area (Å²) in [6, 6.07) is 1.62. The van der Waals surface area contributed by atoms with Crippen LogP contribution in [0.3, 0.4) is 0 Å². The molecule has 1 rings (SSSR count). The maximum absolute atomic E-state index is 9.52. The molecular weight excluding hydrogens is 192 g/mol. The first-order chi connectivity index (χ1) is 6.11. The summed E-state index contributed by atoms with van der Waals surface area (Å²) in [5.41, 5.74) is 1.07. The van der Waals surface area contributed by atoms with Crippen molar-refractivity contribution in [1.29, 1.82) is 0 Å². The second-order valence-electron chi connectivity index (χ2n) is 2.69. The number of methoxy groups -OCH3 is 1. The molecular formula is C9H11ClO3. The van der Waals surface area contributed by atoms with Crippen molar-refractivity contribution < 1.29 is 14.9 Å². The highest BCUT2D eigenvalue weighted by molar-refractivity contribution is 6.32. The Morgan fingerprint density at radius 1 is 1.54 bits per heavy atom. The minimum Gasteiger partial charge on any atom is -0.504 e. The zero-order valence-corrected chi connectivity index (χ0v) is 8.22. The highest BCUT2D eigenvalue weighted by Gasteiger charge is 2.13. The number of rotatable bonds is 2. The first-order valence-corrected chi connectivity index (χ1v) is 4.15. The van der Waals surface area contributed by atoms with Crippen LogP contribution in [0.5, 0.6) is 11.5 Å². The zero-order chi connectivity index (χ0) is 10.0. The Morgan fingerprint density at radius 3 is 2.62 bits per heavy atom. The number of halogens is 1. The van der Waals surface area contributed by atoms with Gasteiger partial charge in [-0.3, -0.25) is 0 Å². The Morgan fingerprint density at radius 2 is 2.15 bits per heavy atom. The molecule has 0 heterocycles. The van der Waals surface area contributed by atoms with E-state index in [1.54, 1.807) is 13.0 Å². The van der Waals surface area contributed by atoms with Crippen molar-refractivity contribution in [3.8, 4) is 11.5 Å². The van der Waals surface area contributed by atoms with Crippen molar-refractivity contribution in [3.63, 3.8) is 0 Å². The second-order valence-corrected chi connectivity index (χ2v) is 3.07. The highest BCUT2D eigenvalue weighted by atomic mass is 35.5. The minimum atomic E-state index is -0.303. The number of aromatic hydroxyl groups is 1. The monoisotopic (exact) mass is 202 g/mol. The van der Waals surface area contributed by atoms with Crippen LogP contribution in [0.1, 0.15) is 11.1 Å². The lowest BCUT2D eigenvalue weighted by Crippen LogP contribution is -1.93. The van der Waals surface area contributed by atoms with Crippen LogP contribution in [0.4, 0.5) is 0 Å². The van der Waals surface area contributed by atoms with Crippen LogP contribution in [0, 0.1) is 6.92 Å². The molecule has 0 fully saturated rings. The fraction of sp³-hybridized carbons (Fsp3) is 0.333. The molecule has 0 aliphatic rings. The Bertz CT molecular complexity index is 323. The first kappa shape index (κ1) is 10.2. The molecule has 0 saturated carbocycles. The van der Waals surface area contributed by atoms with E-state index in [2.05, 4.69) is 0 Å². The summed E-state index contributed by atoms with van der Waals surface area (Å²) in [6.07, 6.45) is 0. The van der Waals surface area contributed by atoms with Crippen LogP contribution in [0.2, 0.25) is 5.02 Å². The lowest BCUT2D eigenvalue weighted by atomic mass is 10.1. The van der Waals surface area contributed by atoms with Crippen LogP contribution in [0.25, 0.3) is 0 Å². The minimum absolute atomic E-state index is 0.0967. The molecule has 2 N–H and O–H groups in total. The van der Waals surface area contributed by atoms with Gasteiger partial charge in [0.2, 0.25) is 0 Å². The molecule has 0 aliphatic carbocycles. The largest absolute Gasteiger partial charge is 0.504 e. The molecule has 4 heteroatoms. The smallest absolute Gasteiger partial charge is 0.164 e. The molecule has 3 nitrogen and oxygen atoms in total. The molecule has 0 radical (unpaired) electrons. The summed E-state index contributed by atoms with van der Waals surface area (Å²) in [5, 5.41) is 18.8. The van der Waals surface area contributed by atoms with E-state index in [9.17, 15) is 5.11 Å². The third-order valence-electron chi connectivity index (χ3n) is 1.86. The van der Waals surface area contributed by atoms with Crippen molar-refractivity contribution >= 4 is 11.6 Å². The maximum atomic E-state index is 9.52. The van der Waals surface area contributed by atoms with Gasteiger partial charge < -0.3 is 14.9 Å². The molecule has 0 atom stereocenters. The van der Waals surface area contributed by atoms with Gasteiger partial charge in [0.25, 0.3) is 0 Å². The first-order valence-electron chi connectivity index (χ1n) is 3.77. The number of hydrogen-bond donors (Lipinski definition) is 2. The summed E-state index contributed by atoms with van der Waals surface area (Å²) in [5.74, 6) is 0.228. The molecule has 1 aromatic rings. The second kappa shape index (κ2) is 3.85. The standard InChI is InChI=1S/C9H11ClO3/c1-5-3-7(13-2)9(12)6(4-11)8(5)10/h3,11-12H,4H2,1-2H3. The third kappa shape index (κ3) is 1.71. The van der Waals surface area contributed by atoms with Crippen LogP contribution in [-0.2, 0) is 6.61 Å². The highest BCUT2D eigenvalue weighted by Crippen LogP contribution is 2.37. The summed E-state index contributed by atoms with van der Waals surface area (Å²) < 4.78 is 4.90. The van der Waals surface area contributed by atoms with E-state index in [0.29, 0.717) is 16.3 Å². The molecule has 0 amide bonds. The summed E-state index contributed by atoms with van der Waals surface area (Å²) in [6.45, 7) is 1.48. The van der Waals surface area contributed by atoms with E-state index in [0.717, 1.165) is 5.56 Å². The Balaban J connectivity index is 3.39. The molecule has 13 heavy (non-hydrogen) atoms. The van der Waals surface area contributed by atoms with Crippen LogP contribution in [-0.4, -0.2) is 17.3 Å². The van der Waals surface area contributed by atoms with Crippen LogP contribution in [0.15, 0.2) is 6.07 Å². The number of aliphatic hydroxyl groups is 1. The van der Waals surface area contributed by atoms with Gasteiger partial charge in [-0.05, 0) is 18.6 Å². The molecule has 0 aliphatic heterocycles. The van der Waals surface area contributed by atoms with E-state index in [1.165, 1.54) is 7.11 Å². The molecule has 0 bridgehead atoms. The lowest BCUT2D eigenvalue weighted by Gasteiger charge is -2.11. The van der Waals surface area contributed by atoms with Gasteiger partial charge in [0, 0.05) is 5.56 Å². The average molecular weight is 203 g/mol. The maximum Gasteiger partial charge on any atom is 0.164 e. The third-order valence-corrected chi connectivity index (χ3v) is 2.38. The number of hydrogen-bond acceptors (Lipinski definition) is 3. The lowest BCUT2D eigenvalue weighted by molar-refractivity contribution is 0.272. The van der Waals surface area contributed by atoms with Gasteiger partial charge in [0.15, 0.2) is 11.5 Å². The number of aryl methyl sites for hydroxylation is 1. The van der Waals surface area contributed by atoms with Gasteiger partial charge in [-0.25, -0.2) is 0 Å². The molecule has 1 aromatic carbocycles. The van der Waals surface area contributed by atoms with Gasteiger partial charge in [-0.1, -0.05) is 11.6 Å². The van der Waals surface area contributed by atoms with Gasteiger partial charge in [0.1, 0.15) is 0 Å². The predicted octanol–water partition coefficient (Wildman–Crippen LogP) is 1.85. The molecule has 0 saturated heterocycles. The zero-order valence-electron chi connectivity index (χ0n) is 7.47. The summed E-state index contributed by atoms with van der Waals surface area (Å²) in [7, 11) is 1.45. The van der Waals surface area contributed by atoms with Crippen LogP contribution >= 0.6 is 11.6 Å². The molecule has 0 unspecified atom stereocenters. The van der Waals surface area contributed by atoms with Crippen molar-refractivity contribution in [2.75, 3.05) is 7.11 Å². The van der Waals surface area contributed by atoms with E-state index in [1.807, 2.05) is 0 Å². The summed E-state index contributed by atoms with van der Waals surface area (Å²) in [4.78, 5) is 0. The summed E-state index contributed by atoms with van der Waals surface area (Å²) >= 11 is 5.85. The van der Waals surface area contributed by atoms with Gasteiger partial charge in [-0.15, -0.1) is 0 Å². The average Bonchev–Trinajstić information content (AvgIpc) is 2.12. The topological polar surface area (TPSA) is 49.7 Å². The fourth-order valence-electron chi connectivity index (χ4n) is 1.12. The van der Waals surface area contributed by atoms with E-state index >= 15 is 0 Å². The van der Waals surface area contributed by atoms with E-state index < -0.39 is 0 Å². The predicted molar refractivity (Wildman–Crippen MR) is 50.3 cm³/mol. The van der Waals surface area contributed by atoms with Crippen molar-refractivity contribution in [2.45, 2.75) is 13.5 Å². The number of aliphatic hydroxyl groups excluding tert-OH is 1. The fourth-order valence-corrected chi connectivity index (χ4v) is 1.32. The number of ether oxygens (including phenoxy) is 1. The Labute approximate surface area is 81.5 Å². The Kier molecular flexibility index (Phi) is 3.01. The SMILES string of the molecule is COc1cc(C)c(Cl)c(CO)c1O. The van der Waals surface area contributed by atoms with Gasteiger partial charge in [-0.2, -0.15) is 0 Å². The molecule has 0 aromatic heterocycles. The van der Waals surface area contributed by atoms with Gasteiger partial charge in [0.05, 0.1) is 18.7 Å².